The van der Waals surface area contributed by atoms with Crippen LogP contribution in [0.3, 0.4) is 0 Å². The van der Waals surface area contributed by atoms with Crippen molar-refractivity contribution in [1.29, 1.82) is 0 Å². The lowest BCUT2D eigenvalue weighted by Crippen LogP contribution is -2.45. The lowest BCUT2D eigenvalue weighted by Gasteiger charge is -2.28. The molecule has 1 N–H and O–H groups in total. The highest BCUT2D eigenvalue weighted by molar-refractivity contribution is 4.83. The molecule has 17 heavy (non-hydrogen) atoms. The Kier molecular flexibility index (Phi) is 7.09. The molecule has 102 valence electrons. The second kappa shape index (κ2) is 8.06. The standard InChI is InChI=1S/C14H30N2O/c1-5-6-13-7-8-16(10-13)14(11-17-4)9-15-12(2)3/h12-15H,5-11H2,1-4H3. The minimum Gasteiger partial charge on any atom is -0.383 e. The molecule has 3 heteroatoms. The van der Waals surface area contributed by atoms with Crippen LogP contribution in [0.15, 0.2) is 0 Å². The number of methoxy groups -OCH3 is 1. The number of nitrogens with zero attached hydrogens (tertiary/aromatic N) is 1. The Bertz CT molecular complexity index is 197. The first kappa shape index (κ1) is 14.9. The molecule has 2 unspecified atom stereocenters. The van der Waals surface area contributed by atoms with E-state index in [0.717, 1.165) is 19.1 Å². The van der Waals surface area contributed by atoms with Crippen LogP contribution in [0.25, 0.3) is 0 Å². The molecule has 0 amide bonds. The van der Waals surface area contributed by atoms with Gasteiger partial charge in [-0.2, -0.15) is 0 Å². The third-order valence-corrected chi connectivity index (χ3v) is 3.65. The summed E-state index contributed by atoms with van der Waals surface area (Å²) in [6, 6.07) is 1.10. The molecule has 0 aliphatic carbocycles. The fourth-order valence-electron chi connectivity index (χ4n) is 2.70. The van der Waals surface area contributed by atoms with Gasteiger partial charge in [-0.1, -0.05) is 27.2 Å². The van der Waals surface area contributed by atoms with Gasteiger partial charge in [-0.15, -0.1) is 0 Å². The SMILES string of the molecule is CCCC1CCN(C(CNC(C)C)COC)C1. The van der Waals surface area contributed by atoms with Gasteiger partial charge >= 0.3 is 0 Å². The fourth-order valence-corrected chi connectivity index (χ4v) is 2.70. The Morgan fingerprint density at radius 2 is 2.18 bits per heavy atom. The molecule has 0 aromatic heterocycles. The molecular formula is C14H30N2O. The van der Waals surface area contributed by atoms with Gasteiger partial charge in [0.25, 0.3) is 0 Å². The maximum absolute atomic E-state index is 5.36. The normalized spacial score (nSPS) is 23.5. The molecule has 0 aromatic carbocycles. The van der Waals surface area contributed by atoms with Crippen LogP contribution in [-0.2, 0) is 4.74 Å². The van der Waals surface area contributed by atoms with Gasteiger partial charge in [0.15, 0.2) is 0 Å². The van der Waals surface area contributed by atoms with Gasteiger partial charge in [0.1, 0.15) is 0 Å². The zero-order chi connectivity index (χ0) is 12.7. The first-order valence-corrected chi connectivity index (χ1v) is 7.13. The second-order valence-corrected chi connectivity index (χ2v) is 5.61. The minimum atomic E-state index is 0.546. The van der Waals surface area contributed by atoms with Crippen LogP contribution < -0.4 is 5.32 Å². The molecular weight excluding hydrogens is 212 g/mol. The maximum Gasteiger partial charge on any atom is 0.0630 e. The third-order valence-electron chi connectivity index (χ3n) is 3.65. The summed E-state index contributed by atoms with van der Waals surface area (Å²) in [7, 11) is 1.81. The van der Waals surface area contributed by atoms with Crippen molar-refractivity contribution in [3.63, 3.8) is 0 Å². The van der Waals surface area contributed by atoms with E-state index in [4.69, 9.17) is 4.74 Å². The minimum absolute atomic E-state index is 0.546. The Hall–Kier alpha value is -0.120. The highest BCUT2D eigenvalue weighted by Gasteiger charge is 2.27. The molecule has 1 fully saturated rings. The summed E-state index contributed by atoms with van der Waals surface area (Å²) in [5.74, 6) is 0.915. The number of rotatable bonds is 8. The van der Waals surface area contributed by atoms with E-state index in [2.05, 4.69) is 31.0 Å². The number of hydrogen-bond acceptors (Lipinski definition) is 3. The topological polar surface area (TPSA) is 24.5 Å². The van der Waals surface area contributed by atoms with Crippen molar-refractivity contribution in [3.8, 4) is 0 Å². The van der Waals surface area contributed by atoms with Gasteiger partial charge in [0.05, 0.1) is 6.61 Å². The van der Waals surface area contributed by atoms with Gasteiger partial charge in [0, 0.05) is 32.3 Å². The van der Waals surface area contributed by atoms with Crippen LogP contribution in [0.2, 0.25) is 0 Å². The van der Waals surface area contributed by atoms with Crippen molar-refractivity contribution in [3.05, 3.63) is 0 Å². The molecule has 2 atom stereocenters. The van der Waals surface area contributed by atoms with E-state index in [0.29, 0.717) is 12.1 Å². The average molecular weight is 242 g/mol. The highest BCUT2D eigenvalue weighted by Crippen LogP contribution is 2.22. The number of likely N-dealkylation sites (tertiary alicyclic amines) is 1. The van der Waals surface area contributed by atoms with Crippen molar-refractivity contribution in [2.24, 2.45) is 5.92 Å². The van der Waals surface area contributed by atoms with Gasteiger partial charge < -0.3 is 10.1 Å². The average Bonchev–Trinajstić information content (AvgIpc) is 2.73. The molecule has 3 nitrogen and oxygen atoms in total. The number of nitrogens with one attached hydrogen (secondary N) is 1. The summed E-state index contributed by atoms with van der Waals surface area (Å²) in [6.07, 6.45) is 4.07. The highest BCUT2D eigenvalue weighted by atomic mass is 16.5. The van der Waals surface area contributed by atoms with Crippen molar-refractivity contribution in [1.82, 2.24) is 10.2 Å². The Labute approximate surface area is 107 Å². The van der Waals surface area contributed by atoms with E-state index in [9.17, 15) is 0 Å². The van der Waals surface area contributed by atoms with Crippen LogP contribution in [0.4, 0.5) is 0 Å². The molecule has 0 bridgehead atoms. The molecule has 1 rings (SSSR count). The summed E-state index contributed by atoms with van der Waals surface area (Å²) in [5, 5.41) is 3.53. The van der Waals surface area contributed by atoms with E-state index in [1.165, 1.54) is 32.4 Å². The first-order chi connectivity index (χ1) is 8.17. The monoisotopic (exact) mass is 242 g/mol. The van der Waals surface area contributed by atoms with Crippen molar-refractivity contribution in [2.75, 3.05) is 33.4 Å². The van der Waals surface area contributed by atoms with Crippen LogP contribution >= 0.6 is 0 Å². The van der Waals surface area contributed by atoms with Crippen molar-refractivity contribution < 1.29 is 4.74 Å². The Morgan fingerprint density at radius 3 is 2.76 bits per heavy atom. The lowest BCUT2D eigenvalue weighted by molar-refractivity contribution is 0.100. The predicted molar refractivity (Wildman–Crippen MR) is 73.4 cm³/mol. The van der Waals surface area contributed by atoms with Crippen LogP contribution in [0.1, 0.15) is 40.0 Å². The number of hydrogen-bond donors (Lipinski definition) is 1. The van der Waals surface area contributed by atoms with Crippen molar-refractivity contribution >= 4 is 0 Å². The van der Waals surface area contributed by atoms with Crippen LogP contribution in [-0.4, -0.2) is 50.3 Å². The van der Waals surface area contributed by atoms with E-state index in [-0.39, 0.29) is 0 Å². The molecule has 0 saturated carbocycles. The summed E-state index contributed by atoms with van der Waals surface area (Å²) in [6.45, 7) is 11.1. The predicted octanol–water partition coefficient (Wildman–Crippen LogP) is 2.12. The molecule has 1 aliphatic rings. The second-order valence-electron chi connectivity index (χ2n) is 5.61. The van der Waals surface area contributed by atoms with Gasteiger partial charge in [0.2, 0.25) is 0 Å². The zero-order valence-corrected chi connectivity index (χ0v) is 12.0. The molecule has 0 spiro atoms. The Morgan fingerprint density at radius 1 is 1.41 bits per heavy atom. The van der Waals surface area contributed by atoms with E-state index in [1.807, 2.05) is 7.11 Å². The van der Waals surface area contributed by atoms with E-state index in [1.54, 1.807) is 0 Å². The summed E-state index contributed by atoms with van der Waals surface area (Å²) in [5.41, 5.74) is 0. The molecule has 1 saturated heterocycles. The quantitative estimate of drug-likeness (QED) is 0.705. The fraction of sp³-hybridized carbons (Fsp3) is 1.00. The first-order valence-electron chi connectivity index (χ1n) is 7.13. The Balaban J connectivity index is 2.36. The maximum atomic E-state index is 5.36. The van der Waals surface area contributed by atoms with Crippen LogP contribution in [0, 0.1) is 5.92 Å². The smallest absolute Gasteiger partial charge is 0.0630 e. The van der Waals surface area contributed by atoms with Gasteiger partial charge in [-0.25, -0.2) is 0 Å². The summed E-state index contributed by atoms with van der Waals surface area (Å²) in [4.78, 5) is 2.61. The van der Waals surface area contributed by atoms with E-state index >= 15 is 0 Å². The van der Waals surface area contributed by atoms with Crippen LogP contribution in [0.5, 0.6) is 0 Å². The molecule has 0 aromatic rings. The summed E-state index contributed by atoms with van der Waals surface area (Å²) >= 11 is 0. The van der Waals surface area contributed by atoms with Crippen molar-refractivity contribution in [2.45, 2.75) is 52.1 Å². The largest absolute Gasteiger partial charge is 0.383 e. The van der Waals surface area contributed by atoms with Gasteiger partial charge in [-0.3, -0.25) is 4.90 Å². The van der Waals surface area contributed by atoms with E-state index < -0.39 is 0 Å². The molecule has 1 heterocycles. The lowest BCUT2D eigenvalue weighted by atomic mass is 10.0. The third kappa shape index (κ3) is 5.36. The zero-order valence-electron chi connectivity index (χ0n) is 12.0. The summed E-state index contributed by atoms with van der Waals surface area (Å²) < 4.78 is 5.36. The van der Waals surface area contributed by atoms with Gasteiger partial charge in [-0.05, 0) is 25.3 Å². The molecule has 1 aliphatic heterocycles. The molecule has 0 radical (unpaired) electrons. The number of ether oxygens (including phenoxy) is 1.